The third kappa shape index (κ3) is 7.86. The number of carbonyl (C=O) groups is 2. The number of fused-ring (bicyclic) bond motifs is 1. The largest absolute Gasteiger partial charge is 0.444 e. The monoisotopic (exact) mass is 612 g/mol. The minimum absolute atomic E-state index is 0.0178. The van der Waals surface area contributed by atoms with Gasteiger partial charge in [0.2, 0.25) is 5.91 Å². The van der Waals surface area contributed by atoms with E-state index >= 15 is 0 Å². The van der Waals surface area contributed by atoms with E-state index in [-0.39, 0.29) is 41.7 Å². The molecule has 5 rings (SSSR count). The molecule has 9 nitrogen and oxygen atoms in total. The summed E-state index contributed by atoms with van der Waals surface area (Å²) >= 11 is 1.35. The number of nitrogens with one attached hydrogen (secondary N) is 1. The van der Waals surface area contributed by atoms with Crippen molar-refractivity contribution in [3.05, 3.63) is 60.2 Å². The maximum atomic E-state index is 12.7. The van der Waals surface area contributed by atoms with Gasteiger partial charge in [0.05, 0.1) is 17.5 Å². The van der Waals surface area contributed by atoms with Crippen LogP contribution in [0.3, 0.4) is 0 Å². The van der Waals surface area contributed by atoms with Crippen molar-refractivity contribution in [2.24, 2.45) is 10.9 Å². The van der Waals surface area contributed by atoms with Crippen LogP contribution in [-0.4, -0.2) is 73.6 Å². The highest BCUT2D eigenvalue weighted by Gasteiger charge is 2.49. The summed E-state index contributed by atoms with van der Waals surface area (Å²) in [5, 5.41) is 2.92. The lowest BCUT2D eigenvalue weighted by molar-refractivity contribution is -0.117. The zero-order valence-corrected chi connectivity index (χ0v) is 26.1. The predicted molar refractivity (Wildman–Crippen MR) is 169 cm³/mol. The zero-order chi connectivity index (χ0) is 29.9. The third-order valence-corrected chi connectivity index (χ3v) is 11.0. The van der Waals surface area contributed by atoms with Crippen molar-refractivity contribution < 1.29 is 22.7 Å². The Morgan fingerprint density at radius 3 is 2.33 bits per heavy atom. The summed E-state index contributed by atoms with van der Waals surface area (Å²) in [4.78, 5) is 33.3. The number of amides is 2. The van der Waals surface area contributed by atoms with Crippen LogP contribution in [0.5, 0.6) is 0 Å². The van der Waals surface area contributed by atoms with Crippen molar-refractivity contribution >= 4 is 50.1 Å². The van der Waals surface area contributed by atoms with Crippen LogP contribution in [0.15, 0.2) is 59.6 Å². The number of benzene rings is 2. The first kappa shape index (κ1) is 30.4. The van der Waals surface area contributed by atoms with Gasteiger partial charge in [-0.2, -0.15) is 4.99 Å². The number of hydrogen-bond donors (Lipinski definition) is 1. The van der Waals surface area contributed by atoms with E-state index in [0.29, 0.717) is 11.1 Å². The third-order valence-electron chi connectivity index (χ3n) is 7.77. The number of ether oxygens (including phenoxy) is 1. The summed E-state index contributed by atoms with van der Waals surface area (Å²) in [7, 11) is -3.16. The Morgan fingerprint density at radius 1 is 1.00 bits per heavy atom. The molecule has 2 amide bonds. The lowest BCUT2D eigenvalue weighted by Gasteiger charge is -2.34. The van der Waals surface area contributed by atoms with E-state index < -0.39 is 21.5 Å². The molecule has 3 heterocycles. The fraction of sp³-hybridized carbons (Fsp3) is 0.516. The van der Waals surface area contributed by atoms with Crippen LogP contribution in [-0.2, 0) is 25.8 Å². The molecule has 0 aromatic heterocycles. The molecule has 226 valence electrons. The van der Waals surface area contributed by atoms with Gasteiger partial charge in [0.25, 0.3) is 0 Å². The molecule has 0 radical (unpaired) electrons. The van der Waals surface area contributed by atoms with Crippen LogP contribution in [0.4, 0.5) is 16.2 Å². The molecule has 0 unspecified atom stereocenters. The number of aliphatic imine (C=N–C) groups is 1. The second-order valence-electron chi connectivity index (χ2n) is 12.3. The number of rotatable bonds is 7. The van der Waals surface area contributed by atoms with Gasteiger partial charge in [-0.3, -0.25) is 4.79 Å². The number of anilines is 2. The van der Waals surface area contributed by atoms with Crippen LogP contribution in [0, 0.1) is 5.92 Å². The Hall–Kier alpha value is -3.05. The highest BCUT2D eigenvalue weighted by Crippen LogP contribution is 2.41. The summed E-state index contributed by atoms with van der Waals surface area (Å²) in [6.45, 7) is 7.42. The second-order valence-corrected chi connectivity index (χ2v) is 15.6. The summed E-state index contributed by atoms with van der Waals surface area (Å²) in [5.74, 6) is 0.412. The standard InChI is InChI=1S/C31H40N4O5S2/c1-31(2,3)40-30(37)32-16-13-28(36)33-29-35(26-20-42(38,39)21-27(26)41-29)25-11-9-24(10-12-25)34-17-14-23(15-18-34)19-22-7-5-4-6-8-22/h4-12,23,26-27H,13-21H2,1-3H3,(H,32,37)/t26-,27+/m1/s1. The Kier molecular flexibility index (Phi) is 9.17. The quantitative estimate of drug-likeness (QED) is 0.481. The second kappa shape index (κ2) is 12.7. The van der Waals surface area contributed by atoms with E-state index in [2.05, 4.69) is 57.7 Å². The van der Waals surface area contributed by atoms with E-state index in [1.54, 1.807) is 20.8 Å². The molecule has 2 atom stereocenters. The molecule has 0 bridgehead atoms. The number of sulfone groups is 1. The topological polar surface area (TPSA) is 108 Å². The smallest absolute Gasteiger partial charge is 0.407 e. The van der Waals surface area contributed by atoms with Gasteiger partial charge in [-0.15, -0.1) is 0 Å². The van der Waals surface area contributed by atoms with Crippen molar-refractivity contribution in [1.82, 2.24) is 5.32 Å². The van der Waals surface area contributed by atoms with E-state index in [1.807, 2.05) is 17.0 Å². The molecule has 3 saturated heterocycles. The van der Waals surface area contributed by atoms with Gasteiger partial charge in [-0.25, -0.2) is 13.2 Å². The molecule has 2 aromatic rings. The summed E-state index contributed by atoms with van der Waals surface area (Å²) in [6.07, 6.45) is 2.83. The molecule has 2 aromatic carbocycles. The molecule has 3 aliphatic rings. The van der Waals surface area contributed by atoms with E-state index in [0.717, 1.165) is 43.7 Å². The molecule has 0 aliphatic carbocycles. The summed E-state index contributed by atoms with van der Waals surface area (Å²) < 4.78 is 30.1. The fourth-order valence-corrected chi connectivity index (χ4v) is 9.71. The van der Waals surface area contributed by atoms with Gasteiger partial charge in [0.1, 0.15) is 5.60 Å². The Balaban J connectivity index is 1.23. The normalized spacial score (nSPS) is 23.2. The van der Waals surface area contributed by atoms with Crippen LogP contribution in [0.25, 0.3) is 0 Å². The molecular formula is C31H40N4O5S2. The van der Waals surface area contributed by atoms with E-state index in [9.17, 15) is 18.0 Å². The molecule has 3 fully saturated rings. The summed E-state index contributed by atoms with van der Waals surface area (Å²) in [5.41, 5.74) is 2.74. The average molecular weight is 613 g/mol. The number of carbonyl (C=O) groups excluding carboxylic acids is 2. The van der Waals surface area contributed by atoms with Crippen molar-refractivity contribution in [2.45, 2.75) is 63.3 Å². The van der Waals surface area contributed by atoms with Gasteiger partial charge in [-0.05, 0) is 75.8 Å². The Bertz CT molecular complexity index is 1400. The predicted octanol–water partition coefficient (Wildman–Crippen LogP) is 4.66. The minimum atomic E-state index is -3.16. The van der Waals surface area contributed by atoms with Crippen LogP contribution >= 0.6 is 11.8 Å². The first-order valence-electron chi connectivity index (χ1n) is 14.6. The van der Waals surface area contributed by atoms with E-state index in [1.165, 1.54) is 17.3 Å². The van der Waals surface area contributed by atoms with Crippen LogP contribution < -0.4 is 15.1 Å². The summed E-state index contributed by atoms with van der Waals surface area (Å²) in [6, 6.07) is 18.6. The van der Waals surface area contributed by atoms with Gasteiger partial charge in [-0.1, -0.05) is 42.1 Å². The highest BCUT2D eigenvalue weighted by molar-refractivity contribution is 8.16. The van der Waals surface area contributed by atoms with Gasteiger partial charge in [0, 0.05) is 42.7 Å². The van der Waals surface area contributed by atoms with Crippen molar-refractivity contribution in [3.63, 3.8) is 0 Å². The van der Waals surface area contributed by atoms with Gasteiger partial charge >= 0.3 is 6.09 Å². The minimum Gasteiger partial charge on any atom is -0.444 e. The number of nitrogens with zero attached hydrogens (tertiary/aromatic N) is 3. The number of piperidine rings is 1. The molecule has 42 heavy (non-hydrogen) atoms. The maximum Gasteiger partial charge on any atom is 0.407 e. The lowest BCUT2D eigenvalue weighted by atomic mass is 9.90. The van der Waals surface area contributed by atoms with E-state index in [4.69, 9.17) is 4.74 Å². The van der Waals surface area contributed by atoms with Crippen molar-refractivity contribution in [3.8, 4) is 0 Å². The fourth-order valence-electron chi connectivity index (χ4n) is 5.78. The van der Waals surface area contributed by atoms with Crippen LogP contribution in [0.2, 0.25) is 0 Å². The molecule has 0 spiro atoms. The lowest BCUT2D eigenvalue weighted by Crippen LogP contribution is -2.38. The molecule has 0 saturated carbocycles. The Labute approximate surface area is 253 Å². The van der Waals surface area contributed by atoms with Crippen LogP contribution in [0.1, 0.15) is 45.6 Å². The first-order valence-corrected chi connectivity index (χ1v) is 17.3. The molecule has 1 N–H and O–H groups in total. The number of alkyl carbamates (subject to hydrolysis) is 1. The average Bonchev–Trinajstić information content (AvgIpc) is 3.39. The highest BCUT2D eigenvalue weighted by atomic mass is 32.2. The number of hydrogen-bond acceptors (Lipinski definition) is 7. The maximum absolute atomic E-state index is 12.7. The molecule has 3 aliphatic heterocycles. The van der Waals surface area contributed by atoms with Crippen molar-refractivity contribution in [2.75, 3.05) is 40.9 Å². The van der Waals surface area contributed by atoms with Gasteiger partial charge in [0.15, 0.2) is 15.0 Å². The zero-order valence-electron chi connectivity index (χ0n) is 24.5. The number of amidine groups is 1. The van der Waals surface area contributed by atoms with Gasteiger partial charge < -0.3 is 19.9 Å². The SMILES string of the molecule is CC(C)(C)OC(=O)NCCC(=O)N=C1S[C@H]2CS(=O)(=O)C[C@H]2N1c1ccc(N2CCC(Cc3ccccc3)CC2)cc1. The number of thioether (sulfide) groups is 1. The van der Waals surface area contributed by atoms with Crippen molar-refractivity contribution in [1.29, 1.82) is 0 Å². The Morgan fingerprint density at radius 2 is 1.67 bits per heavy atom. The first-order chi connectivity index (χ1) is 20.0. The molecular weight excluding hydrogens is 572 g/mol. The molecule has 11 heteroatoms.